The topological polar surface area (TPSA) is 78.8 Å². The molecule has 0 saturated heterocycles. The molecule has 3 aromatic carbocycles. The fraction of sp³-hybridized carbons (Fsp3) is 0.130. The number of rotatable bonds is 8. The van der Waals surface area contributed by atoms with Crippen LogP contribution in [-0.4, -0.2) is 31.4 Å². The third kappa shape index (κ3) is 6.72. The van der Waals surface area contributed by atoms with Gasteiger partial charge in [-0.25, -0.2) is 13.8 Å². The quantitative estimate of drug-likeness (QED) is 0.274. The van der Waals surface area contributed by atoms with Crippen molar-refractivity contribution in [3.8, 4) is 0 Å². The second-order valence-electron chi connectivity index (χ2n) is 7.25. The minimum Gasteiger partial charge on any atom is -0.272 e. The molecule has 0 radical (unpaired) electrons. The van der Waals surface area contributed by atoms with E-state index < -0.39 is 22.5 Å². The third-order valence-electron chi connectivity index (χ3n) is 4.72. The molecule has 34 heavy (non-hydrogen) atoms. The first-order chi connectivity index (χ1) is 16.1. The zero-order valence-electron chi connectivity index (χ0n) is 17.8. The smallest absolute Gasteiger partial charge is 0.255 e. The number of nitrogens with zero attached hydrogens (tertiary/aromatic N) is 2. The Morgan fingerprint density at radius 1 is 0.971 bits per heavy atom. The summed E-state index contributed by atoms with van der Waals surface area (Å²) in [6, 6.07) is 16.0. The van der Waals surface area contributed by atoms with Gasteiger partial charge >= 0.3 is 0 Å². The Balaban J connectivity index is 1.85. The van der Waals surface area contributed by atoms with Gasteiger partial charge in [0.15, 0.2) is 0 Å². The van der Waals surface area contributed by atoms with Gasteiger partial charge in [0, 0.05) is 22.2 Å². The maximum atomic E-state index is 13.3. The number of halogens is 4. The van der Waals surface area contributed by atoms with Gasteiger partial charge in [-0.3, -0.25) is 4.79 Å². The Hall–Kier alpha value is -2.13. The fourth-order valence-electron chi connectivity index (χ4n) is 2.92. The van der Waals surface area contributed by atoms with Gasteiger partial charge in [-0.2, -0.15) is 9.41 Å². The van der Waals surface area contributed by atoms with E-state index in [0.717, 1.165) is 9.87 Å². The van der Waals surface area contributed by atoms with Gasteiger partial charge in [0.1, 0.15) is 0 Å². The first-order valence-corrected chi connectivity index (χ1v) is 12.8. The molecule has 0 aliphatic carbocycles. The van der Waals surface area contributed by atoms with Crippen LogP contribution in [0.25, 0.3) is 0 Å². The average molecular weight is 559 g/mol. The van der Waals surface area contributed by atoms with E-state index in [-0.39, 0.29) is 16.5 Å². The molecule has 3 rings (SSSR count). The molecule has 1 amide bonds. The molecule has 0 heterocycles. The van der Waals surface area contributed by atoms with Gasteiger partial charge in [0.25, 0.3) is 5.91 Å². The van der Waals surface area contributed by atoms with E-state index in [1.807, 2.05) is 6.92 Å². The highest BCUT2D eigenvalue weighted by Crippen LogP contribution is 2.25. The summed E-state index contributed by atoms with van der Waals surface area (Å²) in [4.78, 5) is 12.7. The van der Waals surface area contributed by atoms with Gasteiger partial charge < -0.3 is 0 Å². The lowest BCUT2D eigenvalue weighted by atomic mass is 10.2. The van der Waals surface area contributed by atoms with Gasteiger partial charge in [0.2, 0.25) is 10.0 Å². The number of hydrogen-bond acceptors (Lipinski definition) is 4. The minimum atomic E-state index is -4.04. The third-order valence-corrected chi connectivity index (χ3v) is 7.78. The summed E-state index contributed by atoms with van der Waals surface area (Å²) in [6.45, 7) is 1.18. The standard InChI is InChI=1S/C23H19Cl4N3O3S/c1-15-5-9-18(10-6-15)34(32,33)30(13-16-7-8-17(24)11-22(16)27)14-23(31)29-28-12-19-20(25)3-2-4-21(19)26/h2-12H,13-14H2,1H3,(H,29,31)/b28-12-. The highest BCUT2D eigenvalue weighted by atomic mass is 35.5. The number of hydrogen-bond donors (Lipinski definition) is 1. The zero-order valence-corrected chi connectivity index (χ0v) is 21.6. The van der Waals surface area contributed by atoms with Crippen molar-refractivity contribution in [2.45, 2.75) is 18.4 Å². The molecule has 1 N–H and O–H groups in total. The summed E-state index contributed by atoms with van der Waals surface area (Å²) >= 11 is 24.4. The van der Waals surface area contributed by atoms with E-state index in [4.69, 9.17) is 46.4 Å². The molecule has 0 aliphatic rings. The zero-order chi connectivity index (χ0) is 24.9. The van der Waals surface area contributed by atoms with Crippen molar-refractivity contribution in [3.63, 3.8) is 0 Å². The predicted octanol–water partition coefficient (Wildman–Crippen LogP) is 5.95. The highest BCUT2D eigenvalue weighted by molar-refractivity contribution is 7.89. The molecule has 0 spiro atoms. The Morgan fingerprint density at radius 3 is 2.24 bits per heavy atom. The Bertz CT molecular complexity index is 1310. The highest BCUT2D eigenvalue weighted by Gasteiger charge is 2.27. The van der Waals surface area contributed by atoms with Crippen LogP contribution in [-0.2, 0) is 21.4 Å². The molecule has 0 atom stereocenters. The van der Waals surface area contributed by atoms with Crippen molar-refractivity contribution in [3.05, 3.63) is 97.4 Å². The number of amides is 1. The van der Waals surface area contributed by atoms with Crippen LogP contribution in [0.1, 0.15) is 16.7 Å². The van der Waals surface area contributed by atoms with Crippen molar-refractivity contribution < 1.29 is 13.2 Å². The van der Waals surface area contributed by atoms with Gasteiger partial charge in [-0.05, 0) is 48.9 Å². The SMILES string of the molecule is Cc1ccc(S(=O)(=O)N(CC(=O)N/N=C\c2c(Cl)cccc2Cl)Cc2ccc(Cl)cc2Cl)cc1. The van der Waals surface area contributed by atoms with E-state index in [1.165, 1.54) is 24.4 Å². The largest absolute Gasteiger partial charge is 0.272 e. The van der Waals surface area contributed by atoms with Gasteiger partial charge in [-0.1, -0.05) is 76.2 Å². The first-order valence-electron chi connectivity index (χ1n) is 9.84. The van der Waals surface area contributed by atoms with Crippen molar-refractivity contribution in [2.24, 2.45) is 5.10 Å². The van der Waals surface area contributed by atoms with Crippen LogP contribution in [0, 0.1) is 6.92 Å². The Labute approximate surface area is 218 Å². The van der Waals surface area contributed by atoms with Crippen molar-refractivity contribution >= 4 is 68.5 Å². The summed E-state index contributed by atoms with van der Waals surface area (Å²) in [5.41, 5.74) is 4.12. The molecule has 178 valence electrons. The molecule has 0 unspecified atom stereocenters. The number of hydrazone groups is 1. The molecule has 3 aromatic rings. The lowest BCUT2D eigenvalue weighted by Gasteiger charge is -2.22. The summed E-state index contributed by atoms with van der Waals surface area (Å²) in [5.74, 6) is -0.666. The van der Waals surface area contributed by atoms with Crippen LogP contribution in [0.5, 0.6) is 0 Å². The van der Waals surface area contributed by atoms with Crippen LogP contribution < -0.4 is 5.43 Å². The molecular weight excluding hydrogens is 540 g/mol. The lowest BCUT2D eigenvalue weighted by molar-refractivity contribution is -0.121. The van der Waals surface area contributed by atoms with Crippen LogP contribution >= 0.6 is 46.4 Å². The molecule has 0 aromatic heterocycles. The first kappa shape index (κ1) is 26.5. The molecule has 11 heteroatoms. The van der Waals surface area contributed by atoms with E-state index in [0.29, 0.717) is 26.2 Å². The fourth-order valence-corrected chi connectivity index (χ4v) is 5.26. The second-order valence-corrected chi connectivity index (χ2v) is 10.8. The Kier molecular flexibility index (Phi) is 8.98. The summed E-state index contributed by atoms with van der Waals surface area (Å²) in [6.07, 6.45) is 1.29. The van der Waals surface area contributed by atoms with E-state index in [2.05, 4.69) is 10.5 Å². The maximum absolute atomic E-state index is 13.3. The van der Waals surface area contributed by atoms with E-state index in [1.54, 1.807) is 42.5 Å². The van der Waals surface area contributed by atoms with Crippen LogP contribution in [0.2, 0.25) is 20.1 Å². The minimum absolute atomic E-state index is 0.0438. The van der Waals surface area contributed by atoms with E-state index >= 15 is 0 Å². The van der Waals surface area contributed by atoms with Crippen molar-refractivity contribution in [1.29, 1.82) is 0 Å². The molecule has 0 aliphatic heterocycles. The predicted molar refractivity (Wildman–Crippen MR) is 137 cm³/mol. The van der Waals surface area contributed by atoms with Gasteiger partial charge in [0.05, 0.1) is 27.7 Å². The number of sulfonamides is 1. The van der Waals surface area contributed by atoms with Crippen LogP contribution in [0.4, 0.5) is 0 Å². The normalized spacial score (nSPS) is 11.8. The average Bonchev–Trinajstić information content (AvgIpc) is 2.77. The number of carbonyl (C=O) groups excluding carboxylic acids is 1. The summed E-state index contributed by atoms with van der Waals surface area (Å²) < 4.78 is 27.7. The number of aryl methyl sites for hydroxylation is 1. The molecule has 0 bridgehead atoms. The van der Waals surface area contributed by atoms with Gasteiger partial charge in [-0.15, -0.1) is 0 Å². The monoisotopic (exact) mass is 557 g/mol. The second kappa shape index (κ2) is 11.5. The summed E-state index contributed by atoms with van der Waals surface area (Å²) in [5, 5.41) is 5.26. The number of carbonyl (C=O) groups is 1. The lowest BCUT2D eigenvalue weighted by Crippen LogP contribution is -2.39. The number of benzene rings is 3. The number of nitrogens with one attached hydrogen (secondary N) is 1. The molecule has 0 fully saturated rings. The maximum Gasteiger partial charge on any atom is 0.255 e. The van der Waals surface area contributed by atoms with Crippen molar-refractivity contribution in [2.75, 3.05) is 6.54 Å². The Morgan fingerprint density at radius 2 is 1.62 bits per heavy atom. The molecular formula is C23H19Cl4N3O3S. The van der Waals surface area contributed by atoms with E-state index in [9.17, 15) is 13.2 Å². The van der Waals surface area contributed by atoms with Crippen LogP contribution in [0.15, 0.2) is 70.7 Å². The molecule has 0 saturated carbocycles. The summed E-state index contributed by atoms with van der Waals surface area (Å²) in [7, 11) is -4.04. The van der Waals surface area contributed by atoms with Crippen LogP contribution in [0.3, 0.4) is 0 Å². The van der Waals surface area contributed by atoms with Crippen molar-refractivity contribution in [1.82, 2.24) is 9.73 Å². The molecule has 6 nitrogen and oxygen atoms in total.